The van der Waals surface area contributed by atoms with E-state index in [1.54, 1.807) is 12.5 Å². The summed E-state index contributed by atoms with van der Waals surface area (Å²) in [7, 11) is 1.93. The maximum atomic E-state index is 12.2. The van der Waals surface area contributed by atoms with Gasteiger partial charge in [0.2, 0.25) is 5.91 Å². The number of likely N-dealkylation sites (N-methyl/N-ethyl adjacent to an activating group) is 1. The SMILES string of the molecule is CCN1C(=O)CO[C@@H](CNCc2cocn2)[C@@H]1c1nccn1C. The van der Waals surface area contributed by atoms with Gasteiger partial charge in [-0.2, -0.15) is 0 Å². The smallest absolute Gasteiger partial charge is 0.249 e. The molecule has 1 amide bonds. The molecule has 2 aromatic heterocycles. The van der Waals surface area contributed by atoms with Gasteiger partial charge in [0.05, 0.1) is 11.8 Å². The molecule has 3 rings (SSSR count). The topological polar surface area (TPSA) is 85.4 Å². The molecular weight excluding hydrogens is 298 g/mol. The zero-order valence-corrected chi connectivity index (χ0v) is 13.3. The van der Waals surface area contributed by atoms with Crippen LogP contribution in [0.3, 0.4) is 0 Å². The number of aromatic nitrogens is 3. The van der Waals surface area contributed by atoms with Crippen LogP contribution < -0.4 is 5.32 Å². The maximum absolute atomic E-state index is 12.2. The highest BCUT2D eigenvalue weighted by molar-refractivity contribution is 5.78. The molecule has 3 heterocycles. The first-order valence-corrected chi connectivity index (χ1v) is 7.66. The summed E-state index contributed by atoms with van der Waals surface area (Å²) in [5, 5.41) is 3.31. The third-order valence-corrected chi connectivity index (χ3v) is 4.03. The first kappa shape index (κ1) is 15.7. The van der Waals surface area contributed by atoms with Crippen LogP contribution in [0.1, 0.15) is 24.5 Å². The van der Waals surface area contributed by atoms with Crippen LogP contribution >= 0.6 is 0 Å². The molecule has 2 aromatic rings. The van der Waals surface area contributed by atoms with Gasteiger partial charge in [-0.15, -0.1) is 0 Å². The van der Waals surface area contributed by atoms with E-state index in [1.165, 1.54) is 6.39 Å². The monoisotopic (exact) mass is 319 g/mol. The Hall–Kier alpha value is -2.19. The van der Waals surface area contributed by atoms with Gasteiger partial charge in [0.25, 0.3) is 0 Å². The van der Waals surface area contributed by atoms with Crippen LogP contribution in [0.4, 0.5) is 0 Å². The molecule has 8 nitrogen and oxygen atoms in total. The van der Waals surface area contributed by atoms with Gasteiger partial charge in [-0.05, 0) is 6.92 Å². The number of carbonyl (C=O) groups excluding carboxylic acids is 1. The number of morpholine rings is 1. The lowest BCUT2D eigenvalue weighted by atomic mass is 10.1. The first-order valence-electron chi connectivity index (χ1n) is 7.66. The molecule has 1 saturated heterocycles. The predicted molar refractivity (Wildman–Crippen MR) is 81.3 cm³/mol. The summed E-state index contributed by atoms with van der Waals surface area (Å²) in [5.41, 5.74) is 0.831. The zero-order chi connectivity index (χ0) is 16.2. The van der Waals surface area contributed by atoms with Crippen molar-refractivity contribution in [3.8, 4) is 0 Å². The highest BCUT2D eigenvalue weighted by Crippen LogP contribution is 2.28. The second-order valence-corrected chi connectivity index (χ2v) is 5.48. The summed E-state index contributed by atoms with van der Waals surface area (Å²) in [6.45, 7) is 3.88. The highest BCUT2D eigenvalue weighted by atomic mass is 16.5. The average Bonchev–Trinajstić information content (AvgIpc) is 3.20. The largest absolute Gasteiger partial charge is 0.451 e. The zero-order valence-electron chi connectivity index (χ0n) is 13.3. The molecule has 0 unspecified atom stereocenters. The van der Waals surface area contributed by atoms with Crippen molar-refractivity contribution in [1.82, 2.24) is 24.8 Å². The van der Waals surface area contributed by atoms with Crippen molar-refractivity contribution in [3.05, 3.63) is 36.6 Å². The number of aryl methyl sites for hydroxylation is 1. The number of oxazole rings is 1. The van der Waals surface area contributed by atoms with Crippen LogP contribution in [0.2, 0.25) is 0 Å². The van der Waals surface area contributed by atoms with Gasteiger partial charge in [0.15, 0.2) is 6.39 Å². The summed E-state index contributed by atoms with van der Waals surface area (Å²) in [6, 6.07) is -0.203. The minimum Gasteiger partial charge on any atom is -0.451 e. The molecule has 1 N–H and O–H groups in total. The van der Waals surface area contributed by atoms with E-state index < -0.39 is 0 Å². The van der Waals surface area contributed by atoms with Crippen molar-refractivity contribution in [3.63, 3.8) is 0 Å². The molecule has 1 aliphatic heterocycles. The Morgan fingerprint density at radius 3 is 2.96 bits per heavy atom. The molecule has 1 fully saturated rings. The third kappa shape index (κ3) is 3.27. The fraction of sp³-hybridized carbons (Fsp3) is 0.533. The van der Waals surface area contributed by atoms with Crippen LogP contribution in [0.25, 0.3) is 0 Å². The van der Waals surface area contributed by atoms with Crippen molar-refractivity contribution in [2.75, 3.05) is 19.7 Å². The molecule has 0 radical (unpaired) electrons. The van der Waals surface area contributed by atoms with Gasteiger partial charge in [0.1, 0.15) is 24.7 Å². The molecule has 124 valence electrons. The molecule has 0 aliphatic carbocycles. The molecule has 1 aliphatic rings. The van der Waals surface area contributed by atoms with E-state index in [0.29, 0.717) is 19.6 Å². The lowest BCUT2D eigenvalue weighted by Gasteiger charge is -2.40. The molecular formula is C15H21N5O3. The van der Waals surface area contributed by atoms with Crippen molar-refractivity contribution in [1.29, 1.82) is 0 Å². The summed E-state index contributed by atoms with van der Waals surface area (Å²) in [4.78, 5) is 22.5. The van der Waals surface area contributed by atoms with Gasteiger partial charge < -0.3 is 23.9 Å². The van der Waals surface area contributed by atoms with Crippen molar-refractivity contribution < 1.29 is 13.9 Å². The Morgan fingerprint density at radius 1 is 1.43 bits per heavy atom. The number of nitrogens with zero attached hydrogens (tertiary/aromatic N) is 4. The van der Waals surface area contributed by atoms with E-state index in [9.17, 15) is 4.79 Å². The summed E-state index contributed by atoms with van der Waals surface area (Å²) in [5.74, 6) is 0.821. The fourth-order valence-corrected chi connectivity index (χ4v) is 2.89. The van der Waals surface area contributed by atoms with Crippen molar-refractivity contribution in [2.24, 2.45) is 7.05 Å². The number of hydrogen-bond donors (Lipinski definition) is 1. The number of amides is 1. The Bertz CT molecular complexity index is 639. The quantitative estimate of drug-likeness (QED) is 0.834. The Balaban J connectivity index is 1.73. The molecule has 0 aromatic carbocycles. The van der Waals surface area contributed by atoms with Crippen molar-refractivity contribution >= 4 is 5.91 Å². The fourth-order valence-electron chi connectivity index (χ4n) is 2.89. The number of nitrogens with one attached hydrogen (secondary N) is 1. The second kappa shape index (κ2) is 6.93. The van der Waals surface area contributed by atoms with E-state index in [-0.39, 0.29) is 24.7 Å². The number of ether oxygens (including phenoxy) is 1. The Kier molecular flexibility index (Phi) is 4.73. The number of hydrogen-bond acceptors (Lipinski definition) is 6. The standard InChI is InChI=1S/C15H21N5O3/c1-3-20-13(21)9-23-12(7-16-6-11-8-22-10-18-11)14(20)15-17-4-5-19(15)2/h4-5,8,10,12,14,16H,3,6-7,9H2,1-2H3/t12-,14+/m0/s1. The van der Waals surface area contributed by atoms with E-state index in [2.05, 4.69) is 15.3 Å². The van der Waals surface area contributed by atoms with E-state index in [4.69, 9.17) is 9.15 Å². The first-order chi connectivity index (χ1) is 11.2. The number of imidazole rings is 1. The Morgan fingerprint density at radius 2 is 2.30 bits per heavy atom. The van der Waals surface area contributed by atoms with Crippen LogP contribution in [-0.4, -0.2) is 51.1 Å². The lowest BCUT2D eigenvalue weighted by molar-refractivity contribution is -0.157. The van der Waals surface area contributed by atoms with Crippen LogP contribution in [0.15, 0.2) is 29.5 Å². The number of carbonyl (C=O) groups is 1. The van der Waals surface area contributed by atoms with Crippen LogP contribution in [-0.2, 0) is 23.1 Å². The summed E-state index contributed by atoms with van der Waals surface area (Å²) in [6.07, 6.45) is 6.46. The maximum Gasteiger partial charge on any atom is 0.249 e. The van der Waals surface area contributed by atoms with E-state index >= 15 is 0 Å². The predicted octanol–water partition coefficient (Wildman–Crippen LogP) is 0.486. The third-order valence-electron chi connectivity index (χ3n) is 4.03. The van der Waals surface area contributed by atoms with Crippen LogP contribution in [0, 0.1) is 0 Å². The van der Waals surface area contributed by atoms with Crippen LogP contribution in [0.5, 0.6) is 0 Å². The van der Waals surface area contributed by atoms with Gasteiger partial charge >= 0.3 is 0 Å². The van der Waals surface area contributed by atoms with Gasteiger partial charge in [0, 0.05) is 39.1 Å². The molecule has 0 bridgehead atoms. The average molecular weight is 319 g/mol. The summed E-state index contributed by atoms with van der Waals surface area (Å²) >= 11 is 0. The van der Waals surface area contributed by atoms with E-state index in [0.717, 1.165) is 11.5 Å². The normalized spacial score (nSPS) is 21.8. The summed E-state index contributed by atoms with van der Waals surface area (Å²) < 4.78 is 12.7. The minimum atomic E-state index is -0.203. The van der Waals surface area contributed by atoms with Gasteiger partial charge in [-0.1, -0.05) is 0 Å². The second-order valence-electron chi connectivity index (χ2n) is 5.48. The Labute approximate surface area is 134 Å². The van der Waals surface area contributed by atoms with Crippen molar-refractivity contribution in [2.45, 2.75) is 25.6 Å². The molecule has 8 heteroatoms. The van der Waals surface area contributed by atoms with Gasteiger partial charge in [-0.25, -0.2) is 9.97 Å². The van der Waals surface area contributed by atoms with E-state index in [1.807, 2.05) is 29.6 Å². The molecule has 23 heavy (non-hydrogen) atoms. The minimum absolute atomic E-state index is 0.00625. The van der Waals surface area contributed by atoms with Gasteiger partial charge in [-0.3, -0.25) is 4.79 Å². The molecule has 0 spiro atoms. The number of rotatable bonds is 6. The highest BCUT2D eigenvalue weighted by Gasteiger charge is 2.38. The lowest BCUT2D eigenvalue weighted by Crippen LogP contribution is -2.52. The molecule has 0 saturated carbocycles. The molecule has 2 atom stereocenters.